The third-order valence-corrected chi connectivity index (χ3v) is 3.97. The average Bonchev–Trinajstić information content (AvgIpc) is 2.43. The van der Waals surface area contributed by atoms with Crippen molar-refractivity contribution in [3.8, 4) is 5.75 Å². The lowest BCUT2D eigenvalue weighted by Crippen LogP contribution is -2.19. The molecule has 0 aromatic heterocycles. The van der Waals surface area contributed by atoms with Gasteiger partial charge in [-0.15, -0.1) is 0 Å². The van der Waals surface area contributed by atoms with Crippen LogP contribution in [0.5, 0.6) is 5.75 Å². The molecule has 0 amide bonds. The Hall–Kier alpha value is -0.930. The quantitative estimate of drug-likeness (QED) is 0.855. The molecule has 106 valence electrons. The van der Waals surface area contributed by atoms with Crippen molar-refractivity contribution in [2.75, 3.05) is 14.2 Å². The first-order valence-corrected chi connectivity index (χ1v) is 7.16. The largest absolute Gasteiger partial charge is 0.496 e. The summed E-state index contributed by atoms with van der Waals surface area (Å²) in [5, 5.41) is 5.03. The minimum Gasteiger partial charge on any atom is -0.496 e. The van der Waals surface area contributed by atoms with Gasteiger partial charge in [-0.1, -0.05) is 40.9 Å². The van der Waals surface area contributed by atoms with E-state index in [4.69, 9.17) is 39.5 Å². The summed E-state index contributed by atoms with van der Waals surface area (Å²) in [5.74, 6) is 0.727. The molecular weight excluding hydrogens is 317 g/mol. The minimum absolute atomic E-state index is 0.204. The molecule has 20 heavy (non-hydrogen) atoms. The van der Waals surface area contributed by atoms with Crippen LogP contribution in [0.25, 0.3) is 0 Å². The SMILES string of the molecule is CNC(c1cc(Cl)ccc1OC)c1c(Cl)cccc1Cl. The Bertz CT molecular complexity index is 596. The molecule has 0 aliphatic heterocycles. The van der Waals surface area contributed by atoms with Crippen LogP contribution in [0.3, 0.4) is 0 Å². The molecule has 0 spiro atoms. The van der Waals surface area contributed by atoms with Gasteiger partial charge in [0.25, 0.3) is 0 Å². The molecule has 0 bridgehead atoms. The first kappa shape index (κ1) is 15.5. The highest BCUT2D eigenvalue weighted by molar-refractivity contribution is 6.36. The second kappa shape index (κ2) is 6.68. The summed E-state index contributed by atoms with van der Waals surface area (Å²) in [7, 11) is 3.46. The fourth-order valence-electron chi connectivity index (χ4n) is 2.17. The molecule has 0 saturated carbocycles. The Morgan fingerprint density at radius 3 is 2.25 bits per heavy atom. The Morgan fingerprint density at radius 1 is 1.05 bits per heavy atom. The Balaban J connectivity index is 2.61. The summed E-state index contributed by atoms with van der Waals surface area (Å²) in [5.41, 5.74) is 1.69. The van der Waals surface area contributed by atoms with Gasteiger partial charge in [0.15, 0.2) is 0 Å². The van der Waals surface area contributed by atoms with E-state index < -0.39 is 0 Å². The van der Waals surface area contributed by atoms with E-state index in [0.29, 0.717) is 15.1 Å². The van der Waals surface area contributed by atoms with Crippen LogP contribution in [0.4, 0.5) is 0 Å². The Morgan fingerprint density at radius 2 is 1.70 bits per heavy atom. The van der Waals surface area contributed by atoms with Gasteiger partial charge in [-0.25, -0.2) is 0 Å². The molecule has 1 unspecified atom stereocenters. The molecular formula is C15H14Cl3NO. The zero-order chi connectivity index (χ0) is 14.7. The fourth-order valence-corrected chi connectivity index (χ4v) is 2.97. The number of halogens is 3. The van der Waals surface area contributed by atoms with E-state index >= 15 is 0 Å². The number of benzene rings is 2. The van der Waals surface area contributed by atoms with Crippen LogP contribution in [0.1, 0.15) is 17.2 Å². The van der Waals surface area contributed by atoms with E-state index in [2.05, 4.69) is 5.32 Å². The standard InChI is InChI=1S/C15H14Cl3NO/c1-19-15(14-11(17)4-3-5-12(14)18)10-8-9(16)6-7-13(10)20-2/h3-8,15,19H,1-2H3. The topological polar surface area (TPSA) is 21.3 Å². The molecule has 2 aromatic rings. The number of rotatable bonds is 4. The van der Waals surface area contributed by atoms with Gasteiger partial charge in [-0.3, -0.25) is 0 Å². The van der Waals surface area contributed by atoms with E-state index in [-0.39, 0.29) is 6.04 Å². The van der Waals surface area contributed by atoms with E-state index in [0.717, 1.165) is 16.9 Å². The van der Waals surface area contributed by atoms with E-state index in [1.165, 1.54) is 0 Å². The second-order valence-electron chi connectivity index (χ2n) is 4.24. The van der Waals surface area contributed by atoms with Crippen LogP contribution >= 0.6 is 34.8 Å². The maximum Gasteiger partial charge on any atom is 0.124 e. The van der Waals surface area contributed by atoms with Crippen molar-refractivity contribution in [2.24, 2.45) is 0 Å². The molecule has 0 saturated heterocycles. The average molecular weight is 331 g/mol. The van der Waals surface area contributed by atoms with Crippen molar-refractivity contribution in [1.29, 1.82) is 0 Å². The lowest BCUT2D eigenvalue weighted by Gasteiger charge is -2.22. The number of methoxy groups -OCH3 is 1. The van der Waals surface area contributed by atoms with Gasteiger partial charge in [0, 0.05) is 26.2 Å². The molecule has 0 heterocycles. The first-order valence-electron chi connectivity index (χ1n) is 6.03. The van der Waals surface area contributed by atoms with Gasteiger partial charge in [-0.05, 0) is 37.4 Å². The fraction of sp³-hybridized carbons (Fsp3) is 0.200. The number of hydrogen-bond donors (Lipinski definition) is 1. The normalized spacial score (nSPS) is 12.2. The molecule has 0 fully saturated rings. The zero-order valence-corrected chi connectivity index (χ0v) is 13.4. The smallest absolute Gasteiger partial charge is 0.124 e. The molecule has 0 aliphatic rings. The van der Waals surface area contributed by atoms with Crippen LogP contribution in [0.2, 0.25) is 15.1 Å². The van der Waals surface area contributed by atoms with Crippen LogP contribution in [0.15, 0.2) is 36.4 Å². The Labute approximate surface area is 133 Å². The highest BCUT2D eigenvalue weighted by Crippen LogP contribution is 2.38. The van der Waals surface area contributed by atoms with Crippen molar-refractivity contribution in [1.82, 2.24) is 5.32 Å². The van der Waals surface area contributed by atoms with E-state index in [1.54, 1.807) is 13.2 Å². The summed E-state index contributed by atoms with van der Waals surface area (Å²) in [6, 6.07) is 10.7. The molecule has 1 N–H and O–H groups in total. The highest BCUT2D eigenvalue weighted by atomic mass is 35.5. The maximum absolute atomic E-state index is 6.29. The number of nitrogens with one attached hydrogen (secondary N) is 1. The maximum atomic E-state index is 6.29. The molecule has 5 heteroatoms. The van der Waals surface area contributed by atoms with E-state index in [9.17, 15) is 0 Å². The summed E-state index contributed by atoms with van der Waals surface area (Å²) < 4.78 is 5.40. The number of hydrogen-bond acceptors (Lipinski definition) is 2. The molecule has 2 aromatic carbocycles. The van der Waals surface area contributed by atoms with Crippen molar-refractivity contribution in [3.63, 3.8) is 0 Å². The molecule has 0 aliphatic carbocycles. The third-order valence-electron chi connectivity index (χ3n) is 3.08. The minimum atomic E-state index is -0.204. The number of ether oxygens (including phenoxy) is 1. The van der Waals surface area contributed by atoms with Crippen molar-refractivity contribution in [2.45, 2.75) is 6.04 Å². The predicted molar refractivity (Wildman–Crippen MR) is 85.4 cm³/mol. The van der Waals surface area contributed by atoms with Gasteiger partial charge in [-0.2, -0.15) is 0 Å². The van der Waals surface area contributed by atoms with Crippen LogP contribution < -0.4 is 10.1 Å². The highest BCUT2D eigenvalue weighted by Gasteiger charge is 2.21. The monoisotopic (exact) mass is 329 g/mol. The van der Waals surface area contributed by atoms with Gasteiger partial charge in [0.05, 0.1) is 13.2 Å². The third kappa shape index (κ3) is 3.04. The van der Waals surface area contributed by atoms with Gasteiger partial charge in [0.2, 0.25) is 0 Å². The summed E-state index contributed by atoms with van der Waals surface area (Å²) in [4.78, 5) is 0. The predicted octanol–water partition coefficient (Wildman–Crippen LogP) is 4.96. The first-order chi connectivity index (χ1) is 9.58. The molecule has 2 rings (SSSR count). The van der Waals surface area contributed by atoms with Crippen LogP contribution in [-0.2, 0) is 0 Å². The van der Waals surface area contributed by atoms with Gasteiger partial charge in [0.1, 0.15) is 5.75 Å². The Kier molecular flexibility index (Phi) is 5.17. The molecule has 1 atom stereocenters. The molecule has 0 radical (unpaired) electrons. The lowest BCUT2D eigenvalue weighted by atomic mass is 9.97. The summed E-state index contributed by atoms with van der Waals surface area (Å²) >= 11 is 18.7. The van der Waals surface area contributed by atoms with Crippen molar-refractivity contribution >= 4 is 34.8 Å². The van der Waals surface area contributed by atoms with Crippen LogP contribution in [0, 0.1) is 0 Å². The summed E-state index contributed by atoms with van der Waals surface area (Å²) in [6.45, 7) is 0. The van der Waals surface area contributed by atoms with Gasteiger partial charge >= 0.3 is 0 Å². The van der Waals surface area contributed by atoms with Crippen molar-refractivity contribution in [3.05, 3.63) is 62.6 Å². The van der Waals surface area contributed by atoms with Gasteiger partial charge < -0.3 is 10.1 Å². The van der Waals surface area contributed by atoms with E-state index in [1.807, 2.05) is 37.4 Å². The lowest BCUT2D eigenvalue weighted by molar-refractivity contribution is 0.405. The zero-order valence-electron chi connectivity index (χ0n) is 11.1. The summed E-state index contributed by atoms with van der Waals surface area (Å²) in [6.07, 6.45) is 0. The van der Waals surface area contributed by atoms with Crippen molar-refractivity contribution < 1.29 is 4.74 Å². The second-order valence-corrected chi connectivity index (χ2v) is 5.49. The molecule has 2 nitrogen and oxygen atoms in total. The van der Waals surface area contributed by atoms with Crippen LogP contribution in [-0.4, -0.2) is 14.2 Å².